The van der Waals surface area contributed by atoms with Gasteiger partial charge in [-0.2, -0.15) is 8.42 Å². The first-order chi connectivity index (χ1) is 7.57. The zero-order valence-corrected chi connectivity index (χ0v) is 12.2. The number of hydrogen-bond donors (Lipinski definition) is 1. The molecule has 0 saturated carbocycles. The van der Waals surface area contributed by atoms with E-state index in [0.717, 1.165) is 11.1 Å². The minimum Gasteiger partial charge on any atom is -1.00 e. The second-order valence-corrected chi connectivity index (χ2v) is 4.79. The molecule has 2 aromatic rings. The van der Waals surface area contributed by atoms with Crippen molar-refractivity contribution in [1.82, 2.24) is 0 Å². The van der Waals surface area contributed by atoms with E-state index in [1.54, 1.807) is 12.1 Å². The van der Waals surface area contributed by atoms with E-state index in [0.29, 0.717) is 0 Å². The van der Waals surface area contributed by atoms with E-state index in [4.69, 9.17) is 4.55 Å². The Bertz CT molecular complexity index is 582. The fourth-order valence-electron chi connectivity index (χ4n) is 1.45. The molecule has 0 unspecified atom stereocenters. The molecule has 0 bridgehead atoms. The Kier molecular flexibility index (Phi) is 4.91. The predicted octanol–water partition coefficient (Wildman–Crippen LogP) is -0.283. The quantitative estimate of drug-likeness (QED) is 0.595. The standard InChI is InChI=1S/C12H10O3S.Na.H/c13-16(14,15)12-8-6-11(7-9-12)10-4-2-1-3-5-10;;/h1-9H,(H,13,14,15);;/q;+1;-1. The smallest absolute Gasteiger partial charge is 1.00 e. The van der Waals surface area contributed by atoms with Crippen LogP contribution in [0.4, 0.5) is 0 Å². The van der Waals surface area contributed by atoms with Crippen LogP contribution in [-0.2, 0) is 10.1 Å². The molecule has 0 atom stereocenters. The molecule has 0 aliphatic carbocycles. The summed E-state index contributed by atoms with van der Waals surface area (Å²) in [6.07, 6.45) is 0. The molecule has 2 aromatic carbocycles. The van der Waals surface area contributed by atoms with Gasteiger partial charge in [0, 0.05) is 0 Å². The van der Waals surface area contributed by atoms with Gasteiger partial charge in [-0.15, -0.1) is 0 Å². The largest absolute Gasteiger partial charge is 1.00 e. The van der Waals surface area contributed by atoms with Crippen molar-refractivity contribution in [2.24, 2.45) is 0 Å². The molecule has 3 nitrogen and oxygen atoms in total. The number of rotatable bonds is 2. The van der Waals surface area contributed by atoms with E-state index >= 15 is 0 Å². The Morgan fingerprint density at radius 1 is 0.824 bits per heavy atom. The molecule has 84 valence electrons. The monoisotopic (exact) mass is 258 g/mol. The summed E-state index contributed by atoms with van der Waals surface area (Å²) in [6.45, 7) is 0. The fraction of sp³-hybridized carbons (Fsp3) is 0. The van der Waals surface area contributed by atoms with Crippen LogP contribution < -0.4 is 29.6 Å². The molecule has 0 saturated heterocycles. The summed E-state index contributed by atoms with van der Waals surface area (Å²) in [6, 6.07) is 15.7. The van der Waals surface area contributed by atoms with Gasteiger partial charge in [-0.25, -0.2) is 0 Å². The van der Waals surface area contributed by atoms with Gasteiger partial charge >= 0.3 is 29.6 Å². The zero-order chi connectivity index (χ0) is 11.6. The summed E-state index contributed by atoms with van der Waals surface area (Å²) in [4.78, 5) is -0.0906. The molecule has 2 rings (SSSR count). The second-order valence-electron chi connectivity index (χ2n) is 3.37. The van der Waals surface area contributed by atoms with Crippen LogP contribution >= 0.6 is 0 Å². The summed E-state index contributed by atoms with van der Waals surface area (Å²) in [7, 11) is -4.10. The van der Waals surface area contributed by atoms with Gasteiger partial charge in [0.25, 0.3) is 10.1 Å². The molecular weight excluding hydrogens is 247 g/mol. The number of benzene rings is 2. The maximum absolute atomic E-state index is 10.8. The summed E-state index contributed by atoms with van der Waals surface area (Å²) in [5.41, 5.74) is 1.91. The third-order valence-corrected chi connectivity index (χ3v) is 3.13. The van der Waals surface area contributed by atoms with Crippen LogP contribution in [0.5, 0.6) is 0 Å². The van der Waals surface area contributed by atoms with E-state index in [-0.39, 0.29) is 35.9 Å². The van der Waals surface area contributed by atoms with Crippen LogP contribution in [-0.4, -0.2) is 13.0 Å². The first-order valence-electron chi connectivity index (χ1n) is 4.70. The van der Waals surface area contributed by atoms with Crippen LogP contribution in [0.15, 0.2) is 59.5 Å². The van der Waals surface area contributed by atoms with Crippen molar-refractivity contribution in [1.29, 1.82) is 0 Å². The SMILES string of the molecule is O=S(=O)(O)c1ccc(-c2ccccc2)cc1.[H-].[Na+]. The second kappa shape index (κ2) is 5.80. The maximum atomic E-state index is 10.8. The van der Waals surface area contributed by atoms with Crippen LogP contribution in [0.25, 0.3) is 11.1 Å². The molecule has 0 radical (unpaired) electrons. The van der Waals surface area contributed by atoms with Gasteiger partial charge in [-0.05, 0) is 23.3 Å². The third-order valence-electron chi connectivity index (χ3n) is 2.26. The molecule has 0 amide bonds. The van der Waals surface area contributed by atoms with Crippen LogP contribution in [0.3, 0.4) is 0 Å². The molecule has 0 fully saturated rings. The first-order valence-corrected chi connectivity index (χ1v) is 6.14. The van der Waals surface area contributed by atoms with Gasteiger partial charge in [0.1, 0.15) is 0 Å². The average Bonchev–Trinajstić information content (AvgIpc) is 2.29. The van der Waals surface area contributed by atoms with E-state index in [1.807, 2.05) is 30.3 Å². The van der Waals surface area contributed by atoms with Gasteiger partial charge in [0.05, 0.1) is 4.90 Å². The van der Waals surface area contributed by atoms with Crippen molar-refractivity contribution in [3.05, 3.63) is 54.6 Å². The molecule has 0 spiro atoms. The third kappa shape index (κ3) is 3.66. The van der Waals surface area contributed by atoms with Crippen molar-refractivity contribution in [2.75, 3.05) is 0 Å². The van der Waals surface area contributed by atoms with Crippen molar-refractivity contribution >= 4 is 10.1 Å². The first kappa shape index (κ1) is 14.4. The van der Waals surface area contributed by atoms with E-state index in [2.05, 4.69) is 0 Å². The molecule has 17 heavy (non-hydrogen) atoms. The van der Waals surface area contributed by atoms with Crippen LogP contribution in [0.2, 0.25) is 0 Å². The van der Waals surface area contributed by atoms with E-state index < -0.39 is 10.1 Å². The maximum Gasteiger partial charge on any atom is 1.00 e. The Hall–Kier alpha value is -0.650. The van der Waals surface area contributed by atoms with Crippen LogP contribution in [0.1, 0.15) is 1.43 Å². The van der Waals surface area contributed by atoms with Gasteiger partial charge in [0.2, 0.25) is 0 Å². The number of hydrogen-bond acceptors (Lipinski definition) is 2. The van der Waals surface area contributed by atoms with Gasteiger partial charge in [-0.3, -0.25) is 4.55 Å². The summed E-state index contributed by atoms with van der Waals surface area (Å²) >= 11 is 0. The normalized spacial score (nSPS) is 10.6. The van der Waals surface area contributed by atoms with Gasteiger partial charge in [0.15, 0.2) is 0 Å². The summed E-state index contributed by atoms with van der Waals surface area (Å²) in [5, 5.41) is 0. The van der Waals surface area contributed by atoms with Crippen molar-refractivity contribution in [2.45, 2.75) is 4.90 Å². The Labute approximate surface area is 124 Å². The molecule has 0 aliphatic rings. The van der Waals surface area contributed by atoms with Crippen molar-refractivity contribution < 1.29 is 44.0 Å². The molecule has 1 N–H and O–H groups in total. The van der Waals surface area contributed by atoms with Crippen molar-refractivity contribution in [3.63, 3.8) is 0 Å². The Balaban J connectivity index is 0.00000144. The average molecular weight is 258 g/mol. The topological polar surface area (TPSA) is 54.4 Å². The zero-order valence-electron chi connectivity index (χ0n) is 10.4. The molecule has 0 aliphatic heterocycles. The minimum absolute atomic E-state index is 0. The predicted molar refractivity (Wildman–Crippen MR) is 62.8 cm³/mol. The Morgan fingerprint density at radius 2 is 1.29 bits per heavy atom. The van der Waals surface area contributed by atoms with Crippen molar-refractivity contribution in [3.8, 4) is 11.1 Å². The molecule has 0 aromatic heterocycles. The van der Waals surface area contributed by atoms with Crippen LogP contribution in [0, 0.1) is 0 Å². The molecule has 0 heterocycles. The summed E-state index contributed by atoms with van der Waals surface area (Å²) in [5.74, 6) is 0. The summed E-state index contributed by atoms with van der Waals surface area (Å²) < 4.78 is 30.5. The van der Waals surface area contributed by atoms with Gasteiger partial charge in [-0.1, -0.05) is 42.5 Å². The minimum atomic E-state index is -4.10. The Morgan fingerprint density at radius 3 is 1.76 bits per heavy atom. The van der Waals surface area contributed by atoms with E-state index in [9.17, 15) is 8.42 Å². The molecule has 5 heteroatoms. The van der Waals surface area contributed by atoms with E-state index in [1.165, 1.54) is 12.1 Å². The van der Waals surface area contributed by atoms with Gasteiger partial charge < -0.3 is 1.43 Å². The molecular formula is C12H11NaO3S. The fourth-order valence-corrected chi connectivity index (χ4v) is 1.93.